The Hall–Kier alpha value is -2.36. The minimum absolute atomic E-state index is 0.624. The standard InChI is InChI=1S/C17H20N2O2/c1-12-10-14(3-4-15(12)18)19-7-6-13-2-5-16-17(11-13)21-9-8-20-16/h2-5,10-11,19H,6-9,18H2,1H3. The third kappa shape index (κ3) is 3.21. The van der Waals surface area contributed by atoms with Crippen molar-refractivity contribution in [3.8, 4) is 11.5 Å². The first kappa shape index (κ1) is 13.6. The minimum Gasteiger partial charge on any atom is -0.486 e. The molecule has 0 aromatic heterocycles. The summed E-state index contributed by atoms with van der Waals surface area (Å²) in [5.41, 5.74) is 10.1. The van der Waals surface area contributed by atoms with Crippen LogP contribution in [0, 0.1) is 6.92 Å². The van der Waals surface area contributed by atoms with Gasteiger partial charge < -0.3 is 20.5 Å². The molecule has 110 valence electrons. The third-order valence-electron chi connectivity index (χ3n) is 3.62. The Bertz CT molecular complexity index is 641. The molecule has 0 amide bonds. The van der Waals surface area contributed by atoms with Gasteiger partial charge >= 0.3 is 0 Å². The van der Waals surface area contributed by atoms with Crippen molar-refractivity contribution in [1.82, 2.24) is 0 Å². The zero-order valence-corrected chi connectivity index (χ0v) is 12.2. The highest BCUT2D eigenvalue weighted by Gasteiger charge is 2.11. The summed E-state index contributed by atoms with van der Waals surface area (Å²) in [5.74, 6) is 1.69. The first-order chi connectivity index (χ1) is 10.2. The number of benzene rings is 2. The minimum atomic E-state index is 0.624. The van der Waals surface area contributed by atoms with E-state index in [-0.39, 0.29) is 0 Å². The molecule has 0 saturated carbocycles. The molecule has 0 fully saturated rings. The SMILES string of the molecule is Cc1cc(NCCc2ccc3c(c2)OCCO3)ccc1N. The van der Waals surface area contributed by atoms with Gasteiger partial charge in [-0.25, -0.2) is 0 Å². The van der Waals surface area contributed by atoms with Crippen LogP contribution < -0.4 is 20.5 Å². The van der Waals surface area contributed by atoms with Gasteiger partial charge in [-0.15, -0.1) is 0 Å². The third-order valence-corrected chi connectivity index (χ3v) is 3.62. The lowest BCUT2D eigenvalue weighted by atomic mass is 10.1. The number of aryl methyl sites for hydroxylation is 1. The van der Waals surface area contributed by atoms with Gasteiger partial charge in [0.25, 0.3) is 0 Å². The van der Waals surface area contributed by atoms with E-state index < -0.39 is 0 Å². The van der Waals surface area contributed by atoms with Crippen LogP contribution in [-0.2, 0) is 6.42 Å². The maximum Gasteiger partial charge on any atom is 0.161 e. The van der Waals surface area contributed by atoms with Crippen molar-refractivity contribution in [2.75, 3.05) is 30.8 Å². The molecule has 0 aliphatic carbocycles. The van der Waals surface area contributed by atoms with Gasteiger partial charge in [0.15, 0.2) is 11.5 Å². The summed E-state index contributed by atoms with van der Waals surface area (Å²) in [6.45, 7) is 4.13. The van der Waals surface area contributed by atoms with Gasteiger partial charge in [-0.2, -0.15) is 0 Å². The molecule has 2 aromatic carbocycles. The Kier molecular flexibility index (Phi) is 3.86. The Morgan fingerprint density at radius 2 is 1.86 bits per heavy atom. The number of ether oxygens (including phenoxy) is 2. The molecule has 3 N–H and O–H groups in total. The Labute approximate surface area is 124 Å². The zero-order chi connectivity index (χ0) is 14.7. The molecular weight excluding hydrogens is 264 g/mol. The van der Waals surface area contributed by atoms with Gasteiger partial charge in [-0.3, -0.25) is 0 Å². The van der Waals surface area contributed by atoms with Crippen LogP contribution in [0.2, 0.25) is 0 Å². The number of hydrogen-bond donors (Lipinski definition) is 2. The molecule has 4 nitrogen and oxygen atoms in total. The molecule has 0 atom stereocenters. The quantitative estimate of drug-likeness (QED) is 0.847. The Morgan fingerprint density at radius 1 is 1.05 bits per heavy atom. The molecule has 4 heteroatoms. The molecule has 3 rings (SSSR count). The lowest BCUT2D eigenvalue weighted by molar-refractivity contribution is 0.171. The van der Waals surface area contributed by atoms with E-state index >= 15 is 0 Å². The lowest BCUT2D eigenvalue weighted by Crippen LogP contribution is -2.15. The number of fused-ring (bicyclic) bond motifs is 1. The average Bonchev–Trinajstić information content (AvgIpc) is 2.51. The van der Waals surface area contributed by atoms with E-state index in [1.807, 2.05) is 25.1 Å². The van der Waals surface area contributed by atoms with Crippen molar-refractivity contribution >= 4 is 11.4 Å². The zero-order valence-electron chi connectivity index (χ0n) is 12.2. The summed E-state index contributed by atoms with van der Waals surface area (Å²) in [6.07, 6.45) is 0.931. The summed E-state index contributed by atoms with van der Waals surface area (Å²) in [4.78, 5) is 0. The fourth-order valence-corrected chi connectivity index (χ4v) is 2.38. The smallest absolute Gasteiger partial charge is 0.161 e. The van der Waals surface area contributed by atoms with E-state index in [1.54, 1.807) is 0 Å². The summed E-state index contributed by atoms with van der Waals surface area (Å²) < 4.78 is 11.1. The fraction of sp³-hybridized carbons (Fsp3) is 0.294. The first-order valence-corrected chi connectivity index (χ1v) is 7.21. The van der Waals surface area contributed by atoms with Crippen molar-refractivity contribution in [2.24, 2.45) is 0 Å². The van der Waals surface area contributed by atoms with Crippen LogP contribution in [0.1, 0.15) is 11.1 Å². The average molecular weight is 284 g/mol. The van der Waals surface area contributed by atoms with Crippen molar-refractivity contribution < 1.29 is 9.47 Å². The molecule has 0 unspecified atom stereocenters. The van der Waals surface area contributed by atoms with Crippen LogP contribution in [0.3, 0.4) is 0 Å². The fourth-order valence-electron chi connectivity index (χ4n) is 2.38. The van der Waals surface area contributed by atoms with Crippen LogP contribution in [0.25, 0.3) is 0 Å². The van der Waals surface area contributed by atoms with Gasteiger partial charge in [-0.05, 0) is 54.8 Å². The summed E-state index contributed by atoms with van der Waals surface area (Å²) >= 11 is 0. The monoisotopic (exact) mass is 284 g/mol. The molecule has 0 saturated heterocycles. The molecule has 1 aliphatic heterocycles. The molecule has 1 heterocycles. The van der Waals surface area contributed by atoms with E-state index in [2.05, 4.69) is 23.5 Å². The summed E-state index contributed by atoms with van der Waals surface area (Å²) in [6, 6.07) is 12.1. The number of rotatable bonds is 4. The molecule has 1 aliphatic rings. The van der Waals surface area contributed by atoms with E-state index in [9.17, 15) is 0 Å². The molecular formula is C17H20N2O2. The molecule has 21 heavy (non-hydrogen) atoms. The van der Waals surface area contributed by atoms with Gasteiger partial charge in [0.1, 0.15) is 13.2 Å². The van der Waals surface area contributed by atoms with E-state index in [0.717, 1.165) is 41.4 Å². The summed E-state index contributed by atoms with van der Waals surface area (Å²) in [5, 5.41) is 3.41. The lowest BCUT2D eigenvalue weighted by Gasteiger charge is -2.19. The van der Waals surface area contributed by atoms with Crippen molar-refractivity contribution in [3.05, 3.63) is 47.5 Å². The number of nitrogens with two attached hydrogens (primary N) is 1. The second-order valence-corrected chi connectivity index (χ2v) is 5.23. The molecule has 0 spiro atoms. The largest absolute Gasteiger partial charge is 0.486 e. The van der Waals surface area contributed by atoms with Gasteiger partial charge in [0, 0.05) is 17.9 Å². The van der Waals surface area contributed by atoms with Crippen LogP contribution >= 0.6 is 0 Å². The first-order valence-electron chi connectivity index (χ1n) is 7.21. The Balaban J connectivity index is 1.58. The van der Waals surface area contributed by atoms with Crippen molar-refractivity contribution in [3.63, 3.8) is 0 Å². The van der Waals surface area contributed by atoms with E-state index in [4.69, 9.17) is 15.2 Å². The van der Waals surface area contributed by atoms with Crippen LogP contribution in [0.5, 0.6) is 11.5 Å². The van der Waals surface area contributed by atoms with Crippen LogP contribution in [0.4, 0.5) is 11.4 Å². The van der Waals surface area contributed by atoms with Crippen LogP contribution in [-0.4, -0.2) is 19.8 Å². The van der Waals surface area contributed by atoms with Crippen molar-refractivity contribution in [2.45, 2.75) is 13.3 Å². The predicted molar refractivity (Wildman–Crippen MR) is 85.2 cm³/mol. The normalized spacial score (nSPS) is 13.0. The highest BCUT2D eigenvalue weighted by atomic mass is 16.6. The summed E-state index contributed by atoms with van der Waals surface area (Å²) in [7, 11) is 0. The van der Waals surface area contributed by atoms with Gasteiger partial charge in [-0.1, -0.05) is 6.07 Å². The van der Waals surface area contributed by atoms with Crippen LogP contribution in [0.15, 0.2) is 36.4 Å². The second-order valence-electron chi connectivity index (χ2n) is 5.23. The maximum absolute atomic E-state index is 5.82. The maximum atomic E-state index is 5.82. The van der Waals surface area contributed by atoms with E-state index in [0.29, 0.717) is 13.2 Å². The molecule has 2 aromatic rings. The van der Waals surface area contributed by atoms with Gasteiger partial charge in [0.2, 0.25) is 0 Å². The highest BCUT2D eigenvalue weighted by Crippen LogP contribution is 2.30. The topological polar surface area (TPSA) is 56.5 Å². The number of anilines is 2. The second kappa shape index (κ2) is 5.95. The Morgan fingerprint density at radius 3 is 2.67 bits per heavy atom. The molecule has 0 radical (unpaired) electrons. The molecule has 0 bridgehead atoms. The van der Waals surface area contributed by atoms with Gasteiger partial charge in [0.05, 0.1) is 0 Å². The van der Waals surface area contributed by atoms with Crippen molar-refractivity contribution in [1.29, 1.82) is 0 Å². The number of nitrogen functional groups attached to an aromatic ring is 1. The number of nitrogens with one attached hydrogen (secondary N) is 1. The highest BCUT2D eigenvalue weighted by molar-refractivity contribution is 5.56. The predicted octanol–water partition coefficient (Wildman–Crippen LogP) is 3.00. The van der Waals surface area contributed by atoms with E-state index in [1.165, 1.54) is 5.56 Å². The number of hydrogen-bond acceptors (Lipinski definition) is 4.